The monoisotopic (exact) mass is 367 g/mol. The van der Waals surface area contributed by atoms with E-state index in [1.165, 1.54) is 5.56 Å². The Labute approximate surface area is 162 Å². The van der Waals surface area contributed by atoms with E-state index < -0.39 is 0 Å². The van der Waals surface area contributed by atoms with Crippen molar-refractivity contribution in [3.8, 4) is 11.5 Å². The van der Waals surface area contributed by atoms with Crippen LogP contribution < -0.4 is 14.8 Å². The SMILES string of the molecule is CCNC(=NCc1ccc(OC)c(OC)c1)N1CCC(c2ccccc2)C1. The van der Waals surface area contributed by atoms with E-state index in [0.717, 1.165) is 49.1 Å². The van der Waals surface area contributed by atoms with E-state index in [4.69, 9.17) is 14.5 Å². The lowest BCUT2D eigenvalue weighted by atomic mass is 9.99. The highest BCUT2D eigenvalue weighted by Crippen LogP contribution is 2.29. The zero-order valence-corrected chi connectivity index (χ0v) is 16.4. The molecule has 1 aliphatic heterocycles. The predicted molar refractivity (Wildman–Crippen MR) is 110 cm³/mol. The summed E-state index contributed by atoms with van der Waals surface area (Å²) in [6.07, 6.45) is 1.16. The summed E-state index contributed by atoms with van der Waals surface area (Å²) in [5, 5.41) is 3.44. The number of methoxy groups -OCH3 is 2. The second-order valence-electron chi connectivity index (χ2n) is 6.70. The van der Waals surface area contributed by atoms with E-state index in [1.54, 1.807) is 14.2 Å². The van der Waals surface area contributed by atoms with Gasteiger partial charge in [0.05, 0.1) is 20.8 Å². The van der Waals surface area contributed by atoms with Crippen molar-refractivity contribution in [2.45, 2.75) is 25.8 Å². The minimum Gasteiger partial charge on any atom is -0.493 e. The Balaban J connectivity index is 1.70. The number of hydrogen-bond donors (Lipinski definition) is 1. The summed E-state index contributed by atoms with van der Waals surface area (Å²) in [5.41, 5.74) is 2.51. The van der Waals surface area contributed by atoms with E-state index in [1.807, 2.05) is 18.2 Å². The quantitative estimate of drug-likeness (QED) is 0.625. The zero-order valence-electron chi connectivity index (χ0n) is 16.4. The fourth-order valence-electron chi connectivity index (χ4n) is 3.52. The minimum atomic E-state index is 0.566. The average molecular weight is 367 g/mol. The summed E-state index contributed by atoms with van der Waals surface area (Å²) in [5.74, 6) is 3.02. The van der Waals surface area contributed by atoms with Crippen LogP contribution in [-0.4, -0.2) is 44.7 Å². The standard InChI is InChI=1S/C22H29N3O2/c1-4-23-22(24-15-17-10-11-20(26-2)21(14-17)27-3)25-13-12-19(16-25)18-8-6-5-7-9-18/h5-11,14,19H,4,12-13,15-16H2,1-3H3,(H,23,24). The number of rotatable bonds is 6. The lowest BCUT2D eigenvalue weighted by Crippen LogP contribution is -2.40. The molecule has 2 aromatic carbocycles. The fourth-order valence-corrected chi connectivity index (χ4v) is 3.52. The van der Waals surface area contributed by atoms with Crippen molar-refractivity contribution in [2.75, 3.05) is 33.9 Å². The number of benzene rings is 2. The summed E-state index contributed by atoms with van der Waals surface area (Å²) in [4.78, 5) is 7.22. The number of likely N-dealkylation sites (tertiary alicyclic amines) is 1. The molecule has 1 saturated heterocycles. The van der Waals surface area contributed by atoms with Crippen molar-refractivity contribution in [1.29, 1.82) is 0 Å². The molecule has 27 heavy (non-hydrogen) atoms. The van der Waals surface area contributed by atoms with Gasteiger partial charge in [-0.2, -0.15) is 0 Å². The van der Waals surface area contributed by atoms with Crippen LogP contribution in [0.3, 0.4) is 0 Å². The largest absolute Gasteiger partial charge is 0.493 e. The molecule has 1 aliphatic rings. The highest BCUT2D eigenvalue weighted by molar-refractivity contribution is 5.80. The van der Waals surface area contributed by atoms with E-state index in [0.29, 0.717) is 12.5 Å². The van der Waals surface area contributed by atoms with Gasteiger partial charge in [0.15, 0.2) is 17.5 Å². The van der Waals surface area contributed by atoms with Gasteiger partial charge in [0.2, 0.25) is 0 Å². The van der Waals surface area contributed by atoms with E-state index >= 15 is 0 Å². The van der Waals surface area contributed by atoms with Crippen molar-refractivity contribution in [3.05, 3.63) is 59.7 Å². The molecule has 0 spiro atoms. The van der Waals surface area contributed by atoms with Gasteiger partial charge in [0.25, 0.3) is 0 Å². The molecule has 1 unspecified atom stereocenters. The fraction of sp³-hybridized carbons (Fsp3) is 0.409. The van der Waals surface area contributed by atoms with Gasteiger partial charge in [0.1, 0.15) is 0 Å². The molecule has 1 atom stereocenters. The van der Waals surface area contributed by atoms with Gasteiger partial charge >= 0.3 is 0 Å². The molecule has 1 fully saturated rings. The number of nitrogens with zero attached hydrogens (tertiary/aromatic N) is 2. The summed E-state index contributed by atoms with van der Waals surface area (Å²) >= 11 is 0. The third-order valence-corrected chi connectivity index (χ3v) is 4.95. The van der Waals surface area contributed by atoms with Crippen LogP contribution in [0.15, 0.2) is 53.5 Å². The smallest absolute Gasteiger partial charge is 0.194 e. The van der Waals surface area contributed by atoms with Crippen LogP contribution in [0.1, 0.15) is 30.4 Å². The molecule has 0 amide bonds. The van der Waals surface area contributed by atoms with Crippen LogP contribution in [0, 0.1) is 0 Å². The first kappa shape index (κ1) is 19.1. The molecular formula is C22H29N3O2. The summed E-state index contributed by atoms with van der Waals surface area (Å²) < 4.78 is 10.7. The molecule has 144 valence electrons. The molecular weight excluding hydrogens is 338 g/mol. The van der Waals surface area contributed by atoms with Crippen LogP contribution >= 0.6 is 0 Å². The Morgan fingerprint density at radius 2 is 1.89 bits per heavy atom. The Bertz CT molecular complexity index is 761. The number of hydrogen-bond acceptors (Lipinski definition) is 3. The van der Waals surface area contributed by atoms with Gasteiger partial charge in [-0.25, -0.2) is 4.99 Å². The molecule has 0 aromatic heterocycles. The molecule has 0 aliphatic carbocycles. The lowest BCUT2D eigenvalue weighted by Gasteiger charge is -2.22. The van der Waals surface area contributed by atoms with Crippen LogP contribution in [-0.2, 0) is 6.54 Å². The third-order valence-electron chi connectivity index (χ3n) is 4.95. The molecule has 1 heterocycles. The molecule has 0 bridgehead atoms. The summed E-state index contributed by atoms with van der Waals surface area (Å²) in [6, 6.07) is 16.7. The maximum atomic E-state index is 5.39. The van der Waals surface area contributed by atoms with Crippen molar-refractivity contribution in [1.82, 2.24) is 10.2 Å². The van der Waals surface area contributed by atoms with Crippen molar-refractivity contribution < 1.29 is 9.47 Å². The number of ether oxygens (including phenoxy) is 2. The topological polar surface area (TPSA) is 46.1 Å². The Kier molecular flexibility index (Phi) is 6.58. The van der Waals surface area contributed by atoms with E-state index in [9.17, 15) is 0 Å². The zero-order chi connectivity index (χ0) is 19.1. The first-order valence-corrected chi connectivity index (χ1v) is 9.54. The second-order valence-corrected chi connectivity index (χ2v) is 6.70. The maximum Gasteiger partial charge on any atom is 0.194 e. The van der Waals surface area contributed by atoms with Crippen LogP contribution in [0.2, 0.25) is 0 Å². The lowest BCUT2D eigenvalue weighted by molar-refractivity contribution is 0.354. The van der Waals surface area contributed by atoms with Crippen molar-refractivity contribution in [2.24, 2.45) is 4.99 Å². The van der Waals surface area contributed by atoms with E-state index in [-0.39, 0.29) is 0 Å². The number of nitrogens with one attached hydrogen (secondary N) is 1. The molecule has 5 nitrogen and oxygen atoms in total. The first-order chi connectivity index (χ1) is 13.2. The molecule has 3 rings (SSSR count). The Morgan fingerprint density at radius 3 is 2.59 bits per heavy atom. The highest BCUT2D eigenvalue weighted by atomic mass is 16.5. The van der Waals surface area contributed by atoms with Gasteiger partial charge in [-0.1, -0.05) is 36.4 Å². The van der Waals surface area contributed by atoms with Crippen molar-refractivity contribution >= 4 is 5.96 Å². The Morgan fingerprint density at radius 1 is 1.11 bits per heavy atom. The van der Waals surface area contributed by atoms with Crippen LogP contribution in [0.4, 0.5) is 0 Å². The average Bonchev–Trinajstić information content (AvgIpc) is 3.21. The van der Waals surface area contributed by atoms with Gasteiger partial charge in [0, 0.05) is 25.6 Å². The van der Waals surface area contributed by atoms with Gasteiger partial charge in [-0.15, -0.1) is 0 Å². The predicted octanol–water partition coefficient (Wildman–Crippen LogP) is 3.66. The van der Waals surface area contributed by atoms with Gasteiger partial charge in [-0.05, 0) is 36.6 Å². The summed E-state index contributed by atoms with van der Waals surface area (Å²) in [6.45, 7) is 5.60. The minimum absolute atomic E-state index is 0.566. The number of aliphatic imine (C=N–C) groups is 1. The van der Waals surface area contributed by atoms with E-state index in [2.05, 4.69) is 47.5 Å². The third kappa shape index (κ3) is 4.73. The maximum absolute atomic E-state index is 5.39. The van der Waals surface area contributed by atoms with Crippen molar-refractivity contribution in [3.63, 3.8) is 0 Å². The molecule has 0 saturated carbocycles. The molecule has 1 N–H and O–H groups in total. The van der Waals surface area contributed by atoms with Crippen LogP contribution in [0.5, 0.6) is 11.5 Å². The molecule has 5 heteroatoms. The van der Waals surface area contributed by atoms with Gasteiger partial charge in [-0.3, -0.25) is 0 Å². The first-order valence-electron chi connectivity index (χ1n) is 9.54. The van der Waals surface area contributed by atoms with Crippen LogP contribution in [0.25, 0.3) is 0 Å². The molecule has 2 aromatic rings. The highest BCUT2D eigenvalue weighted by Gasteiger charge is 2.25. The van der Waals surface area contributed by atoms with Gasteiger partial charge < -0.3 is 19.7 Å². The number of guanidine groups is 1. The second kappa shape index (κ2) is 9.31. The normalized spacial score (nSPS) is 17.1. The molecule has 0 radical (unpaired) electrons. The Hall–Kier alpha value is -2.69. The summed E-state index contributed by atoms with van der Waals surface area (Å²) in [7, 11) is 3.30.